The molecule has 5 heteroatoms. The average molecular weight is 228 g/mol. The van der Waals surface area contributed by atoms with E-state index in [4.69, 9.17) is 11.6 Å². The summed E-state index contributed by atoms with van der Waals surface area (Å²) in [5.41, 5.74) is 0.509. The number of hydrogen-bond acceptors (Lipinski definition) is 3. The second kappa shape index (κ2) is 4.33. The summed E-state index contributed by atoms with van der Waals surface area (Å²) in [4.78, 5) is 11.8. The molecule has 82 valence electrons. The normalized spacial score (nSPS) is 15.6. The molecule has 4 nitrogen and oxygen atoms in total. The number of hydrogen-bond donors (Lipinski definition) is 1. The van der Waals surface area contributed by atoms with Crippen molar-refractivity contribution in [2.24, 2.45) is 7.05 Å². The maximum Gasteiger partial charge on any atom is 0.183 e. The molecule has 1 heterocycles. The molecule has 0 spiro atoms. The third-order valence-corrected chi connectivity index (χ3v) is 2.80. The van der Waals surface area contributed by atoms with Crippen LogP contribution in [-0.2, 0) is 7.05 Å². The fourth-order valence-corrected chi connectivity index (χ4v) is 1.79. The first-order valence-electron chi connectivity index (χ1n) is 5.12. The summed E-state index contributed by atoms with van der Waals surface area (Å²) in [7, 11) is 1.73. The van der Waals surface area contributed by atoms with Crippen LogP contribution in [0.5, 0.6) is 0 Å². The summed E-state index contributed by atoms with van der Waals surface area (Å²) in [5, 5.41) is 7.67. The minimum Gasteiger partial charge on any atom is -0.314 e. The van der Waals surface area contributed by atoms with E-state index in [2.05, 4.69) is 10.4 Å². The van der Waals surface area contributed by atoms with Crippen LogP contribution in [0.1, 0.15) is 29.8 Å². The third-order valence-electron chi connectivity index (χ3n) is 2.52. The van der Waals surface area contributed by atoms with Crippen LogP contribution in [0, 0.1) is 0 Å². The van der Waals surface area contributed by atoms with E-state index in [0.717, 1.165) is 6.54 Å². The Bertz CT molecular complexity index is 351. The van der Waals surface area contributed by atoms with Gasteiger partial charge in [0.15, 0.2) is 5.78 Å². The van der Waals surface area contributed by atoms with E-state index in [1.165, 1.54) is 23.7 Å². The molecule has 1 aliphatic carbocycles. The van der Waals surface area contributed by atoms with E-state index in [-0.39, 0.29) is 5.78 Å². The van der Waals surface area contributed by atoms with Gasteiger partial charge >= 0.3 is 0 Å². The van der Waals surface area contributed by atoms with E-state index in [1.54, 1.807) is 7.05 Å². The molecule has 0 atom stereocenters. The number of rotatable bonds is 5. The van der Waals surface area contributed by atoms with Crippen molar-refractivity contribution in [3.63, 3.8) is 0 Å². The van der Waals surface area contributed by atoms with Crippen LogP contribution in [-0.4, -0.2) is 28.2 Å². The topological polar surface area (TPSA) is 46.9 Å². The number of aromatic nitrogens is 2. The van der Waals surface area contributed by atoms with Crippen molar-refractivity contribution in [3.8, 4) is 0 Å². The maximum atomic E-state index is 11.8. The Morgan fingerprint density at radius 1 is 1.73 bits per heavy atom. The van der Waals surface area contributed by atoms with Gasteiger partial charge < -0.3 is 5.32 Å². The number of Topliss-reactive ketones (excluding diaryl/α,β-unsaturated/α-hetero) is 1. The first-order valence-corrected chi connectivity index (χ1v) is 5.50. The van der Waals surface area contributed by atoms with E-state index < -0.39 is 0 Å². The van der Waals surface area contributed by atoms with Crippen molar-refractivity contribution in [3.05, 3.63) is 16.9 Å². The van der Waals surface area contributed by atoms with Crippen LogP contribution < -0.4 is 5.32 Å². The van der Waals surface area contributed by atoms with Gasteiger partial charge in [0.2, 0.25) is 0 Å². The fraction of sp³-hybridized carbons (Fsp3) is 0.600. The lowest BCUT2D eigenvalue weighted by molar-refractivity contribution is 0.0973. The summed E-state index contributed by atoms with van der Waals surface area (Å²) >= 11 is 5.87. The first kappa shape index (κ1) is 10.6. The molecule has 0 bridgehead atoms. The van der Waals surface area contributed by atoms with Gasteiger partial charge in [-0.1, -0.05) is 11.6 Å². The van der Waals surface area contributed by atoms with Gasteiger partial charge in [0.1, 0.15) is 5.69 Å². The lowest BCUT2D eigenvalue weighted by Gasteiger charge is -2.03. The highest BCUT2D eigenvalue weighted by molar-refractivity contribution is 6.33. The molecule has 2 rings (SSSR count). The lowest BCUT2D eigenvalue weighted by Crippen LogP contribution is -2.21. The van der Waals surface area contributed by atoms with Crippen LogP contribution in [0.2, 0.25) is 5.02 Å². The van der Waals surface area contributed by atoms with Gasteiger partial charge in [0.05, 0.1) is 11.2 Å². The Labute approximate surface area is 93.6 Å². The van der Waals surface area contributed by atoms with Gasteiger partial charge in [-0.3, -0.25) is 9.48 Å². The quantitative estimate of drug-likeness (QED) is 0.774. The number of nitrogens with zero attached hydrogens (tertiary/aromatic N) is 2. The Hall–Kier alpha value is -0.870. The van der Waals surface area contributed by atoms with Gasteiger partial charge in [0.25, 0.3) is 0 Å². The Morgan fingerprint density at radius 3 is 3.00 bits per heavy atom. The number of ketones is 1. The molecule has 0 aromatic carbocycles. The summed E-state index contributed by atoms with van der Waals surface area (Å²) in [6.07, 6.45) is 4.46. The summed E-state index contributed by atoms with van der Waals surface area (Å²) in [5.74, 6) is 0.0492. The molecule has 1 N–H and O–H groups in total. The van der Waals surface area contributed by atoms with Crippen molar-refractivity contribution in [2.75, 3.05) is 6.54 Å². The Balaban J connectivity index is 1.88. The van der Waals surface area contributed by atoms with Gasteiger partial charge in [-0.05, 0) is 12.8 Å². The maximum absolute atomic E-state index is 11.8. The van der Waals surface area contributed by atoms with Crippen LogP contribution in [0.15, 0.2) is 6.20 Å². The fourth-order valence-electron chi connectivity index (χ4n) is 1.52. The summed E-state index contributed by atoms with van der Waals surface area (Å²) in [6, 6.07) is 0.639. The molecule has 1 aromatic heterocycles. The van der Waals surface area contributed by atoms with Crippen molar-refractivity contribution >= 4 is 17.4 Å². The van der Waals surface area contributed by atoms with E-state index >= 15 is 0 Å². The zero-order chi connectivity index (χ0) is 10.8. The van der Waals surface area contributed by atoms with Crippen LogP contribution in [0.25, 0.3) is 0 Å². The van der Waals surface area contributed by atoms with Gasteiger partial charge in [-0.25, -0.2) is 0 Å². The highest BCUT2D eigenvalue weighted by Crippen LogP contribution is 2.19. The molecular weight excluding hydrogens is 214 g/mol. The second-order valence-electron chi connectivity index (χ2n) is 3.87. The van der Waals surface area contributed by atoms with E-state index in [9.17, 15) is 4.79 Å². The molecule has 0 saturated heterocycles. The second-order valence-corrected chi connectivity index (χ2v) is 4.27. The molecule has 0 aliphatic heterocycles. The Morgan fingerprint density at radius 2 is 2.47 bits per heavy atom. The van der Waals surface area contributed by atoms with Crippen molar-refractivity contribution in [1.29, 1.82) is 0 Å². The highest BCUT2D eigenvalue weighted by Gasteiger charge is 2.21. The zero-order valence-electron chi connectivity index (χ0n) is 8.66. The SMILES string of the molecule is Cn1ncc(Cl)c1C(=O)CCNC1CC1. The zero-order valence-corrected chi connectivity index (χ0v) is 9.42. The first-order chi connectivity index (χ1) is 7.18. The lowest BCUT2D eigenvalue weighted by atomic mass is 10.2. The third kappa shape index (κ3) is 2.58. The van der Waals surface area contributed by atoms with Crippen molar-refractivity contribution in [2.45, 2.75) is 25.3 Å². The van der Waals surface area contributed by atoms with Crippen molar-refractivity contribution in [1.82, 2.24) is 15.1 Å². The van der Waals surface area contributed by atoms with Gasteiger partial charge in [-0.2, -0.15) is 5.10 Å². The number of carbonyl (C=O) groups is 1. The molecular formula is C10H14ClN3O. The standard InChI is InChI=1S/C10H14ClN3O/c1-14-10(8(11)6-13-14)9(15)4-5-12-7-2-3-7/h6-7,12H,2-5H2,1H3. The van der Waals surface area contributed by atoms with Crippen LogP contribution in [0.3, 0.4) is 0 Å². The smallest absolute Gasteiger partial charge is 0.183 e. The van der Waals surface area contributed by atoms with Crippen LogP contribution >= 0.6 is 11.6 Å². The minimum atomic E-state index is 0.0492. The van der Waals surface area contributed by atoms with Gasteiger partial charge in [0, 0.05) is 26.1 Å². The predicted octanol–water partition coefficient (Wildman–Crippen LogP) is 1.40. The molecule has 1 aromatic rings. The number of aryl methyl sites for hydroxylation is 1. The minimum absolute atomic E-state index is 0.0492. The molecule has 0 amide bonds. The molecule has 15 heavy (non-hydrogen) atoms. The van der Waals surface area contributed by atoms with E-state index in [1.807, 2.05) is 0 Å². The number of nitrogens with one attached hydrogen (secondary N) is 1. The molecule has 1 aliphatic rings. The Kier molecular flexibility index (Phi) is 3.07. The summed E-state index contributed by atoms with van der Waals surface area (Å²) in [6.45, 7) is 0.727. The highest BCUT2D eigenvalue weighted by atomic mass is 35.5. The largest absolute Gasteiger partial charge is 0.314 e. The molecule has 0 radical (unpaired) electrons. The molecule has 1 fully saturated rings. The number of halogens is 1. The van der Waals surface area contributed by atoms with Crippen molar-refractivity contribution < 1.29 is 4.79 Å². The monoisotopic (exact) mass is 227 g/mol. The predicted molar refractivity (Wildman–Crippen MR) is 58.2 cm³/mol. The van der Waals surface area contributed by atoms with Gasteiger partial charge in [-0.15, -0.1) is 0 Å². The molecule has 0 unspecified atom stereocenters. The summed E-state index contributed by atoms with van der Waals surface area (Å²) < 4.78 is 1.53. The molecule has 1 saturated carbocycles. The number of carbonyl (C=O) groups excluding carboxylic acids is 1. The average Bonchev–Trinajstić information content (AvgIpc) is 2.93. The van der Waals surface area contributed by atoms with E-state index in [0.29, 0.717) is 23.2 Å². The van der Waals surface area contributed by atoms with Crippen LogP contribution in [0.4, 0.5) is 0 Å².